The first-order valence-electron chi connectivity index (χ1n) is 5.52. The van der Waals surface area contributed by atoms with Crippen molar-refractivity contribution in [2.75, 3.05) is 6.54 Å². The smallest absolute Gasteiger partial charge is 0.0207 e. The van der Waals surface area contributed by atoms with Crippen LogP contribution in [0, 0.1) is 12.8 Å². The molecule has 0 fully saturated rings. The lowest BCUT2D eigenvalue weighted by atomic mass is 9.86. The first-order chi connectivity index (χ1) is 7.06. The van der Waals surface area contributed by atoms with Crippen LogP contribution in [0.2, 0.25) is 0 Å². The number of hydrogen-bond donors (Lipinski definition) is 1. The van der Waals surface area contributed by atoms with E-state index < -0.39 is 0 Å². The summed E-state index contributed by atoms with van der Waals surface area (Å²) in [6, 6.07) is 6.62. The van der Waals surface area contributed by atoms with Gasteiger partial charge >= 0.3 is 0 Å². The van der Waals surface area contributed by atoms with Gasteiger partial charge in [0.1, 0.15) is 0 Å². The molecule has 1 aromatic rings. The zero-order valence-electron chi connectivity index (χ0n) is 9.76. The van der Waals surface area contributed by atoms with E-state index in [4.69, 9.17) is 5.73 Å². The number of halogens is 1. The molecule has 0 heterocycles. The van der Waals surface area contributed by atoms with Gasteiger partial charge in [-0.1, -0.05) is 41.9 Å². The van der Waals surface area contributed by atoms with Crippen LogP contribution in [-0.2, 0) is 0 Å². The van der Waals surface area contributed by atoms with Gasteiger partial charge in [0.15, 0.2) is 0 Å². The Kier molecular flexibility index (Phi) is 4.81. The molecule has 0 aliphatic carbocycles. The fourth-order valence-corrected chi connectivity index (χ4v) is 2.13. The van der Waals surface area contributed by atoms with Crippen LogP contribution in [0.4, 0.5) is 0 Å². The molecule has 0 spiro atoms. The maximum atomic E-state index is 5.59. The third kappa shape index (κ3) is 3.32. The van der Waals surface area contributed by atoms with E-state index in [1.54, 1.807) is 0 Å². The third-order valence-corrected chi connectivity index (χ3v) is 4.05. The summed E-state index contributed by atoms with van der Waals surface area (Å²) in [6.45, 7) is 7.43. The Hall–Kier alpha value is -0.340. The summed E-state index contributed by atoms with van der Waals surface area (Å²) in [7, 11) is 0. The highest BCUT2D eigenvalue weighted by Gasteiger charge is 2.14. The summed E-state index contributed by atoms with van der Waals surface area (Å²) >= 11 is 3.58. The zero-order valence-corrected chi connectivity index (χ0v) is 11.3. The van der Waals surface area contributed by atoms with Gasteiger partial charge in [-0.15, -0.1) is 0 Å². The average molecular weight is 270 g/mol. The summed E-state index contributed by atoms with van der Waals surface area (Å²) in [5.41, 5.74) is 8.28. The van der Waals surface area contributed by atoms with Gasteiger partial charge < -0.3 is 5.73 Å². The molecule has 0 amide bonds. The van der Waals surface area contributed by atoms with Crippen molar-refractivity contribution in [2.24, 2.45) is 11.7 Å². The lowest BCUT2D eigenvalue weighted by Gasteiger charge is -2.20. The van der Waals surface area contributed by atoms with Crippen molar-refractivity contribution in [2.45, 2.75) is 33.1 Å². The Balaban J connectivity index is 2.81. The van der Waals surface area contributed by atoms with Crippen molar-refractivity contribution in [3.8, 4) is 0 Å². The van der Waals surface area contributed by atoms with Gasteiger partial charge in [0.2, 0.25) is 0 Å². The van der Waals surface area contributed by atoms with Crippen molar-refractivity contribution in [3.63, 3.8) is 0 Å². The monoisotopic (exact) mass is 269 g/mol. The van der Waals surface area contributed by atoms with Gasteiger partial charge in [-0.3, -0.25) is 0 Å². The van der Waals surface area contributed by atoms with E-state index in [9.17, 15) is 0 Å². The quantitative estimate of drug-likeness (QED) is 0.883. The van der Waals surface area contributed by atoms with Crippen molar-refractivity contribution in [3.05, 3.63) is 33.8 Å². The van der Waals surface area contributed by atoms with E-state index in [1.165, 1.54) is 15.6 Å². The number of hydrogen-bond acceptors (Lipinski definition) is 1. The highest BCUT2D eigenvalue weighted by Crippen LogP contribution is 2.29. The molecule has 1 rings (SSSR count). The second-order valence-electron chi connectivity index (χ2n) is 4.35. The van der Waals surface area contributed by atoms with Crippen LogP contribution < -0.4 is 5.73 Å². The molecule has 0 radical (unpaired) electrons. The molecule has 0 saturated heterocycles. The first-order valence-corrected chi connectivity index (χ1v) is 6.31. The van der Waals surface area contributed by atoms with E-state index in [2.05, 4.69) is 54.9 Å². The molecule has 1 nitrogen and oxygen atoms in total. The van der Waals surface area contributed by atoms with Crippen LogP contribution in [0.5, 0.6) is 0 Å². The molecular weight excluding hydrogens is 250 g/mol. The SMILES string of the molecule is Cc1ccc(C(C)C(C)CCN)cc1Br. The average Bonchev–Trinajstić information content (AvgIpc) is 2.21. The molecule has 0 aliphatic rings. The second kappa shape index (κ2) is 5.66. The highest BCUT2D eigenvalue weighted by molar-refractivity contribution is 9.10. The normalized spacial score (nSPS) is 15.0. The maximum Gasteiger partial charge on any atom is 0.0207 e. The van der Waals surface area contributed by atoms with Crippen LogP contribution in [0.3, 0.4) is 0 Å². The minimum absolute atomic E-state index is 0.574. The van der Waals surface area contributed by atoms with Gasteiger partial charge in [0.05, 0.1) is 0 Å². The second-order valence-corrected chi connectivity index (χ2v) is 5.21. The maximum absolute atomic E-state index is 5.59. The fraction of sp³-hybridized carbons (Fsp3) is 0.538. The van der Waals surface area contributed by atoms with Crippen LogP contribution >= 0.6 is 15.9 Å². The highest BCUT2D eigenvalue weighted by atomic mass is 79.9. The van der Waals surface area contributed by atoms with Crippen molar-refractivity contribution < 1.29 is 0 Å². The largest absolute Gasteiger partial charge is 0.330 e. The number of nitrogens with two attached hydrogens (primary N) is 1. The predicted molar refractivity (Wildman–Crippen MR) is 70.1 cm³/mol. The van der Waals surface area contributed by atoms with Crippen LogP contribution in [0.25, 0.3) is 0 Å². The third-order valence-electron chi connectivity index (χ3n) is 3.20. The lowest BCUT2D eigenvalue weighted by Crippen LogP contribution is -2.12. The first kappa shape index (κ1) is 12.7. The lowest BCUT2D eigenvalue weighted by molar-refractivity contribution is 0.459. The number of rotatable bonds is 4. The van der Waals surface area contributed by atoms with Gasteiger partial charge in [-0.25, -0.2) is 0 Å². The summed E-state index contributed by atoms with van der Waals surface area (Å²) in [5.74, 6) is 1.22. The minimum atomic E-state index is 0.574. The molecule has 1 aromatic carbocycles. The zero-order chi connectivity index (χ0) is 11.4. The summed E-state index contributed by atoms with van der Waals surface area (Å²) in [4.78, 5) is 0. The van der Waals surface area contributed by atoms with Gasteiger partial charge in [-0.05, 0) is 48.9 Å². The van der Waals surface area contributed by atoms with Crippen LogP contribution in [0.15, 0.2) is 22.7 Å². The van der Waals surface area contributed by atoms with Gasteiger partial charge in [0, 0.05) is 4.47 Å². The van der Waals surface area contributed by atoms with Crippen molar-refractivity contribution >= 4 is 15.9 Å². The Morgan fingerprint density at radius 3 is 2.53 bits per heavy atom. The molecule has 2 heteroatoms. The molecule has 84 valence electrons. The topological polar surface area (TPSA) is 26.0 Å². The molecule has 2 N–H and O–H groups in total. The standard InChI is InChI=1S/C13H20BrN/c1-9(6-7-15)11(3)12-5-4-10(2)13(14)8-12/h4-5,8-9,11H,6-7,15H2,1-3H3. The van der Waals surface area contributed by atoms with E-state index in [0.29, 0.717) is 11.8 Å². The molecule has 0 aromatic heterocycles. The molecule has 0 bridgehead atoms. The molecular formula is C13H20BrN. The minimum Gasteiger partial charge on any atom is -0.330 e. The molecule has 15 heavy (non-hydrogen) atoms. The summed E-state index contributed by atoms with van der Waals surface area (Å²) < 4.78 is 1.20. The molecule has 2 unspecified atom stereocenters. The van der Waals surface area contributed by atoms with Gasteiger partial charge in [-0.2, -0.15) is 0 Å². The van der Waals surface area contributed by atoms with E-state index in [1.807, 2.05) is 0 Å². The fourth-order valence-electron chi connectivity index (χ4n) is 1.73. The summed E-state index contributed by atoms with van der Waals surface area (Å²) in [6.07, 6.45) is 1.09. The van der Waals surface area contributed by atoms with Crippen LogP contribution in [-0.4, -0.2) is 6.54 Å². The molecule has 0 aliphatic heterocycles. The van der Waals surface area contributed by atoms with Gasteiger partial charge in [0.25, 0.3) is 0 Å². The summed E-state index contributed by atoms with van der Waals surface area (Å²) in [5, 5.41) is 0. The Labute approximate surface area is 101 Å². The van der Waals surface area contributed by atoms with E-state index >= 15 is 0 Å². The Morgan fingerprint density at radius 2 is 2.00 bits per heavy atom. The van der Waals surface area contributed by atoms with Crippen molar-refractivity contribution in [1.82, 2.24) is 0 Å². The van der Waals surface area contributed by atoms with E-state index in [-0.39, 0.29) is 0 Å². The number of aryl methyl sites for hydroxylation is 1. The molecule has 2 atom stereocenters. The predicted octanol–water partition coefficient (Wildman–Crippen LogP) is 3.85. The van der Waals surface area contributed by atoms with Crippen LogP contribution in [0.1, 0.15) is 37.3 Å². The van der Waals surface area contributed by atoms with Crippen molar-refractivity contribution in [1.29, 1.82) is 0 Å². The Morgan fingerprint density at radius 1 is 1.33 bits per heavy atom. The Bertz CT molecular complexity index is 322. The molecule has 0 saturated carbocycles. The van der Waals surface area contributed by atoms with E-state index in [0.717, 1.165) is 13.0 Å². The number of benzene rings is 1.